The number of amides is 1. The molecule has 1 N–H and O–H groups in total. The highest BCUT2D eigenvalue weighted by Crippen LogP contribution is 2.21. The molecule has 0 radical (unpaired) electrons. The van der Waals surface area contributed by atoms with Gasteiger partial charge in [0.25, 0.3) is 0 Å². The lowest BCUT2D eigenvalue weighted by Crippen LogP contribution is -2.26. The first-order valence-electron chi connectivity index (χ1n) is 7.74. The van der Waals surface area contributed by atoms with Gasteiger partial charge in [0.1, 0.15) is 6.07 Å². The van der Waals surface area contributed by atoms with Gasteiger partial charge in [0.05, 0.1) is 11.3 Å². The summed E-state index contributed by atoms with van der Waals surface area (Å²) in [6, 6.07) is 9.20. The smallest absolute Gasteiger partial charge is 0.225 e. The maximum atomic E-state index is 12.0. The van der Waals surface area contributed by atoms with Crippen LogP contribution in [0.15, 0.2) is 24.3 Å². The predicted molar refractivity (Wildman–Crippen MR) is 83.9 cm³/mol. The van der Waals surface area contributed by atoms with E-state index in [-0.39, 0.29) is 5.91 Å². The van der Waals surface area contributed by atoms with Gasteiger partial charge in [0.2, 0.25) is 5.91 Å². The molecule has 21 heavy (non-hydrogen) atoms. The number of hydrogen-bond acceptors (Lipinski definition) is 3. The van der Waals surface area contributed by atoms with E-state index in [1.54, 1.807) is 18.2 Å². The van der Waals surface area contributed by atoms with Crippen molar-refractivity contribution < 1.29 is 4.79 Å². The number of benzene rings is 1. The number of carbonyl (C=O) groups is 1. The van der Waals surface area contributed by atoms with Crippen molar-refractivity contribution in [3.05, 3.63) is 29.8 Å². The molecule has 2 rings (SSSR count). The Labute approximate surface area is 126 Å². The van der Waals surface area contributed by atoms with E-state index in [0.717, 1.165) is 25.6 Å². The van der Waals surface area contributed by atoms with E-state index in [0.29, 0.717) is 17.7 Å². The lowest BCUT2D eigenvalue weighted by atomic mass is 10.0. The topological polar surface area (TPSA) is 56.1 Å². The third-order valence-corrected chi connectivity index (χ3v) is 4.04. The van der Waals surface area contributed by atoms with Gasteiger partial charge < -0.3 is 10.2 Å². The van der Waals surface area contributed by atoms with Crippen LogP contribution in [-0.2, 0) is 4.79 Å². The van der Waals surface area contributed by atoms with Crippen LogP contribution in [0.1, 0.15) is 38.2 Å². The molecule has 4 heteroatoms. The highest BCUT2D eigenvalue weighted by Gasteiger charge is 2.21. The normalized spacial score (nSPS) is 18.4. The number of nitrogens with zero attached hydrogens (tertiary/aromatic N) is 2. The Morgan fingerprint density at radius 3 is 3.05 bits per heavy atom. The number of likely N-dealkylation sites (tertiary alicyclic amines) is 1. The molecule has 1 aromatic rings. The van der Waals surface area contributed by atoms with Crippen molar-refractivity contribution in [1.29, 1.82) is 5.26 Å². The molecule has 1 heterocycles. The number of anilines is 1. The molecule has 1 unspecified atom stereocenters. The van der Waals surface area contributed by atoms with Crippen molar-refractivity contribution in [2.75, 3.05) is 25.0 Å². The lowest BCUT2D eigenvalue weighted by Gasteiger charge is -2.15. The minimum absolute atomic E-state index is 0.0170. The van der Waals surface area contributed by atoms with Crippen LogP contribution in [0.5, 0.6) is 0 Å². The summed E-state index contributed by atoms with van der Waals surface area (Å²) in [6.45, 7) is 5.26. The fourth-order valence-electron chi connectivity index (χ4n) is 2.92. The van der Waals surface area contributed by atoms with Gasteiger partial charge in [-0.2, -0.15) is 5.26 Å². The second-order valence-electron chi connectivity index (χ2n) is 5.70. The molecule has 1 fully saturated rings. The molecule has 0 aromatic heterocycles. The molecule has 1 aliphatic rings. The lowest BCUT2D eigenvalue weighted by molar-refractivity contribution is -0.116. The van der Waals surface area contributed by atoms with Crippen molar-refractivity contribution >= 4 is 11.6 Å². The third-order valence-electron chi connectivity index (χ3n) is 4.04. The van der Waals surface area contributed by atoms with Gasteiger partial charge in [-0.15, -0.1) is 0 Å². The quantitative estimate of drug-likeness (QED) is 0.874. The highest BCUT2D eigenvalue weighted by molar-refractivity contribution is 5.92. The van der Waals surface area contributed by atoms with E-state index >= 15 is 0 Å². The summed E-state index contributed by atoms with van der Waals surface area (Å²) in [6.07, 6.45) is 4.27. The molecule has 1 aliphatic heterocycles. The van der Waals surface area contributed by atoms with Crippen molar-refractivity contribution in [2.45, 2.75) is 32.6 Å². The first-order chi connectivity index (χ1) is 10.2. The predicted octanol–water partition coefficient (Wildman–Crippen LogP) is 3.01. The number of para-hydroxylation sites is 1. The van der Waals surface area contributed by atoms with Crippen molar-refractivity contribution in [1.82, 2.24) is 4.90 Å². The minimum Gasteiger partial charge on any atom is -0.325 e. The molecule has 0 bridgehead atoms. The van der Waals surface area contributed by atoms with Crippen LogP contribution in [0, 0.1) is 17.2 Å². The van der Waals surface area contributed by atoms with Gasteiger partial charge in [0.15, 0.2) is 0 Å². The summed E-state index contributed by atoms with van der Waals surface area (Å²) >= 11 is 0. The minimum atomic E-state index is -0.0170. The maximum Gasteiger partial charge on any atom is 0.225 e. The molecule has 4 nitrogen and oxygen atoms in total. The van der Waals surface area contributed by atoms with Gasteiger partial charge in [-0.1, -0.05) is 25.5 Å². The first-order valence-corrected chi connectivity index (χ1v) is 7.74. The van der Waals surface area contributed by atoms with Gasteiger partial charge in [-0.3, -0.25) is 4.79 Å². The Morgan fingerprint density at radius 1 is 1.48 bits per heavy atom. The molecular formula is C17H23N3O. The van der Waals surface area contributed by atoms with E-state index < -0.39 is 0 Å². The Bertz CT molecular complexity index is 521. The molecular weight excluding hydrogens is 262 g/mol. The molecule has 0 spiro atoms. The van der Waals surface area contributed by atoms with Crippen LogP contribution in [-0.4, -0.2) is 30.4 Å². The summed E-state index contributed by atoms with van der Waals surface area (Å²) < 4.78 is 0. The van der Waals surface area contributed by atoms with E-state index in [1.807, 2.05) is 6.07 Å². The number of hydrogen-bond donors (Lipinski definition) is 1. The monoisotopic (exact) mass is 285 g/mol. The SMILES string of the molecule is CCCC1CCN(CCC(=O)Nc2ccccc2C#N)C1. The second-order valence-corrected chi connectivity index (χ2v) is 5.70. The number of rotatable bonds is 6. The summed E-state index contributed by atoms with van der Waals surface area (Å²) in [5.41, 5.74) is 1.12. The Kier molecular flexibility index (Phi) is 5.77. The summed E-state index contributed by atoms with van der Waals surface area (Å²) in [5, 5.41) is 11.8. The van der Waals surface area contributed by atoms with Crippen molar-refractivity contribution in [3.63, 3.8) is 0 Å². The van der Waals surface area contributed by atoms with E-state index in [9.17, 15) is 4.79 Å². The van der Waals surface area contributed by atoms with Crippen molar-refractivity contribution in [2.24, 2.45) is 5.92 Å². The molecule has 112 valence electrons. The number of carbonyl (C=O) groups excluding carboxylic acids is 1. The fraction of sp³-hybridized carbons (Fsp3) is 0.529. The molecule has 1 atom stereocenters. The third kappa shape index (κ3) is 4.57. The number of nitrogens with one attached hydrogen (secondary N) is 1. The molecule has 1 aromatic carbocycles. The Hall–Kier alpha value is -1.86. The van der Waals surface area contributed by atoms with Crippen LogP contribution in [0.3, 0.4) is 0 Å². The van der Waals surface area contributed by atoms with E-state index in [4.69, 9.17) is 5.26 Å². The second kappa shape index (κ2) is 7.80. The molecule has 1 saturated heterocycles. The fourth-order valence-corrected chi connectivity index (χ4v) is 2.92. The van der Waals surface area contributed by atoms with Crippen LogP contribution >= 0.6 is 0 Å². The average Bonchev–Trinajstić information content (AvgIpc) is 2.94. The van der Waals surface area contributed by atoms with Gasteiger partial charge >= 0.3 is 0 Å². The van der Waals surface area contributed by atoms with Crippen molar-refractivity contribution in [3.8, 4) is 6.07 Å². The molecule has 1 amide bonds. The van der Waals surface area contributed by atoms with E-state index in [1.165, 1.54) is 19.3 Å². The highest BCUT2D eigenvalue weighted by atomic mass is 16.1. The summed E-state index contributed by atoms with van der Waals surface area (Å²) in [5.74, 6) is 0.786. The average molecular weight is 285 g/mol. The van der Waals surface area contributed by atoms with Crippen LogP contribution in [0.4, 0.5) is 5.69 Å². The molecule has 0 saturated carbocycles. The zero-order valence-electron chi connectivity index (χ0n) is 12.6. The van der Waals surface area contributed by atoms with Crippen LogP contribution < -0.4 is 5.32 Å². The van der Waals surface area contributed by atoms with Crippen LogP contribution in [0.2, 0.25) is 0 Å². The number of nitriles is 1. The Morgan fingerprint density at radius 2 is 2.29 bits per heavy atom. The zero-order valence-corrected chi connectivity index (χ0v) is 12.6. The summed E-state index contributed by atoms with van der Waals surface area (Å²) in [4.78, 5) is 14.4. The zero-order chi connectivity index (χ0) is 15.1. The standard InChI is InChI=1S/C17H23N3O/c1-2-5-14-8-10-20(13-14)11-9-17(21)19-16-7-4-3-6-15(16)12-18/h3-4,6-7,14H,2,5,8-11,13H2,1H3,(H,19,21). The van der Waals surface area contributed by atoms with E-state index in [2.05, 4.69) is 23.2 Å². The largest absolute Gasteiger partial charge is 0.325 e. The van der Waals surface area contributed by atoms with Gasteiger partial charge in [0, 0.05) is 19.5 Å². The summed E-state index contributed by atoms with van der Waals surface area (Å²) in [7, 11) is 0. The van der Waals surface area contributed by atoms with Crippen LogP contribution in [0.25, 0.3) is 0 Å². The Balaban J connectivity index is 1.77. The van der Waals surface area contributed by atoms with Gasteiger partial charge in [-0.05, 0) is 37.4 Å². The maximum absolute atomic E-state index is 12.0. The molecule has 0 aliphatic carbocycles. The van der Waals surface area contributed by atoms with Gasteiger partial charge in [-0.25, -0.2) is 0 Å². The first kappa shape index (κ1) is 15.5.